The number of aromatic nitrogens is 5. The number of aliphatic hydroxyl groups excluding tert-OH is 2. The lowest BCUT2D eigenvalue weighted by Crippen LogP contribution is -2.24. The van der Waals surface area contributed by atoms with Crippen molar-refractivity contribution in [3.05, 3.63) is 59.8 Å². The summed E-state index contributed by atoms with van der Waals surface area (Å²) in [6.07, 6.45) is 1.19. The van der Waals surface area contributed by atoms with Crippen LogP contribution in [0.5, 0.6) is 11.6 Å². The highest BCUT2D eigenvalue weighted by molar-refractivity contribution is 5.91. The molecule has 11 nitrogen and oxygen atoms in total. The molecule has 0 saturated carbocycles. The fourth-order valence-corrected chi connectivity index (χ4v) is 4.23. The third-order valence-corrected chi connectivity index (χ3v) is 6.31. The number of halogens is 3. The Kier molecular flexibility index (Phi) is 9.49. The van der Waals surface area contributed by atoms with Crippen LogP contribution in [0, 0.1) is 5.41 Å². The van der Waals surface area contributed by atoms with E-state index in [1.54, 1.807) is 32.0 Å². The predicted molar refractivity (Wildman–Crippen MR) is 144 cm³/mol. The second kappa shape index (κ2) is 12.9. The summed E-state index contributed by atoms with van der Waals surface area (Å²) in [5.41, 5.74) is -0.637. The maximum atomic E-state index is 14.0. The van der Waals surface area contributed by atoms with E-state index in [4.69, 9.17) is 19.3 Å². The van der Waals surface area contributed by atoms with Crippen LogP contribution >= 0.6 is 0 Å². The molecule has 4 aromatic rings. The van der Waals surface area contributed by atoms with E-state index in [2.05, 4.69) is 15.1 Å². The minimum atomic E-state index is -4.73. The SMILES string of the molecule is CCc1cc(Oc2nccn3c(-c4cn(CC(C)(C)CO)nc4C(F)(F)F)cnc23)ccc1C(=O)OCCOCCO. The Labute approximate surface area is 239 Å². The Morgan fingerprint density at radius 1 is 1.10 bits per heavy atom. The van der Waals surface area contributed by atoms with Gasteiger partial charge in [0.1, 0.15) is 12.4 Å². The minimum Gasteiger partial charge on any atom is -0.460 e. The van der Waals surface area contributed by atoms with Crippen LogP contribution in [0.25, 0.3) is 16.9 Å². The Morgan fingerprint density at radius 2 is 1.88 bits per heavy atom. The number of carbonyl (C=O) groups excluding carboxylic acids is 1. The number of aliphatic hydroxyl groups is 2. The zero-order chi connectivity index (χ0) is 30.5. The average Bonchev–Trinajstić information content (AvgIpc) is 3.57. The Hall–Kier alpha value is -4.01. The van der Waals surface area contributed by atoms with E-state index in [1.165, 1.54) is 33.9 Å². The van der Waals surface area contributed by atoms with Gasteiger partial charge in [0.15, 0.2) is 5.69 Å². The van der Waals surface area contributed by atoms with E-state index < -0.39 is 23.3 Å². The normalized spacial score (nSPS) is 12.2. The molecule has 14 heteroatoms. The first-order chi connectivity index (χ1) is 20.0. The summed E-state index contributed by atoms with van der Waals surface area (Å²) < 4.78 is 60.8. The standard InChI is InChI=1S/C28H32F3N5O6/c1-4-18-13-19(5-6-20(18)26(39)41-12-11-40-10-9-37)42-25-24-33-14-22(36(24)8-7-32-25)21-15-35(16-27(2,3)17-38)34-23(21)28(29,30)31/h5-8,13-15,37-38H,4,9-12,16-17H2,1-3H3. The summed E-state index contributed by atoms with van der Waals surface area (Å²) in [5, 5.41) is 22.1. The quantitative estimate of drug-likeness (QED) is 0.174. The van der Waals surface area contributed by atoms with Gasteiger partial charge in [-0.3, -0.25) is 9.08 Å². The molecule has 4 rings (SSSR count). The summed E-state index contributed by atoms with van der Waals surface area (Å²) in [6, 6.07) is 4.77. The highest BCUT2D eigenvalue weighted by Crippen LogP contribution is 2.38. The monoisotopic (exact) mass is 591 g/mol. The molecule has 0 radical (unpaired) electrons. The lowest BCUT2D eigenvalue weighted by atomic mass is 9.95. The molecule has 0 unspecified atom stereocenters. The number of nitrogens with zero attached hydrogens (tertiary/aromatic N) is 5. The number of imidazole rings is 1. The summed E-state index contributed by atoms with van der Waals surface area (Å²) in [4.78, 5) is 21.1. The van der Waals surface area contributed by atoms with Gasteiger partial charge >= 0.3 is 12.1 Å². The molecular formula is C28H32F3N5O6. The van der Waals surface area contributed by atoms with Crippen LogP contribution < -0.4 is 4.74 Å². The first kappa shape index (κ1) is 30.9. The number of benzene rings is 1. The molecule has 3 aromatic heterocycles. The van der Waals surface area contributed by atoms with Crippen LogP contribution in [0.1, 0.15) is 42.4 Å². The van der Waals surface area contributed by atoms with Crippen LogP contribution in [-0.2, 0) is 28.6 Å². The smallest absolute Gasteiger partial charge is 0.435 e. The Bertz CT molecular complexity index is 1530. The number of carbonyl (C=O) groups is 1. The molecule has 42 heavy (non-hydrogen) atoms. The third kappa shape index (κ3) is 7.06. The zero-order valence-corrected chi connectivity index (χ0v) is 23.4. The fourth-order valence-electron chi connectivity index (χ4n) is 4.23. The molecule has 0 aliphatic rings. The molecule has 0 fully saturated rings. The first-order valence-corrected chi connectivity index (χ1v) is 13.2. The van der Waals surface area contributed by atoms with Crippen molar-refractivity contribution in [3.63, 3.8) is 0 Å². The summed E-state index contributed by atoms with van der Waals surface area (Å²) >= 11 is 0. The first-order valence-electron chi connectivity index (χ1n) is 13.2. The predicted octanol–water partition coefficient (Wildman–Crippen LogP) is 4.15. The van der Waals surface area contributed by atoms with E-state index in [-0.39, 0.29) is 62.4 Å². The minimum absolute atomic E-state index is 0.0303. The van der Waals surface area contributed by atoms with Crippen molar-refractivity contribution in [1.29, 1.82) is 0 Å². The Balaban J connectivity index is 1.61. The molecule has 0 atom stereocenters. The average molecular weight is 592 g/mol. The van der Waals surface area contributed by atoms with E-state index in [0.29, 0.717) is 23.3 Å². The number of hydrogen-bond donors (Lipinski definition) is 2. The number of fused-ring (bicyclic) bond motifs is 1. The van der Waals surface area contributed by atoms with Gasteiger partial charge in [-0.15, -0.1) is 0 Å². The largest absolute Gasteiger partial charge is 0.460 e. The van der Waals surface area contributed by atoms with Gasteiger partial charge < -0.3 is 24.4 Å². The van der Waals surface area contributed by atoms with E-state index in [9.17, 15) is 23.1 Å². The summed E-state index contributed by atoms with van der Waals surface area (Å²) in [7, 11) is 0. The summed E-state index contributed by atoms with van der Waals surface area (Å²) in [6.45, 7) is 5.36. The van der Waals surface area contributed by atoms with Crippen molar-refractivity contribution >= 4 is 11.6 Å². The molecule has 3 heterocycles. The van der Waals surface area contributed by atoms with Crippen molar-refractivity contribution in [1.82, 2.24) is 24.1 Å². The van der Waals surface area contributed by atoms with Gasteiger partial charge in [0, 0.05) is 37.2 Å². The molecule has 0 aliphatic heterocycles. The lowest BCUT2D eigenvalue weighted by Gasteiger charge is -2.21. The van der Waals surface area contributed by atoms with Gasteiger partial charge in [0.05, 0.1) is 42.8 Å². The van der Waals surface area contributed by atoms with Crippen LogP contribution in [0.2, 0.25) is 0 Å². The third-order valence-electron chi connectivity index (χ3n) is 6.31. The molecule has 0 spiro atoms. The van der Waals surface area contributed by atoms with E-state index >= 15 is 0 Å². The van der Waals surface area contributed by atoms with Crippen LogP contribution in [-0.4, -0.2) is 73.4 Å². The topological polar surface area (TPSA) is 133 Å². The molecule has 226 valence electrons. The van der Waals surface area contributed by atoms with Crippen molar-refractivity contribution in [2.75, 3.05) is 33.0 Å². The molecule has 0 amide bonds. The second-order valence-corrected chi connectivity index (χ2v) is 10.2. The van der Waals surface area contributed by atoms with Crippen LogP contribution in [0.3, 0.4) is 0 Å². The van der Waals surface area contributed by atoms with Crippen molar-refractivity contribution in [3.8, 4) is 22.9 Å². The number of aryl methyl sites for hydroxylation is 1. The number of rotatable bonds is 13. The van der Waals surface area contributed by atoms with Crippen molar-refractivity contribution in [2.24, 2.45) is 5.41 Å². The molecule has 0 aliphatic carbocycles. The van der Waals surface area contributed by atoms with Gasteiger partial charge in [-0.2, -0.15) is 18.3 Å². The van der Waals surface area contributed by atoms with Crippen molar-refractivity contribution < 1.29 is 42.4 Å². The van der Waals surface area contributed by atoms with Crippen LogP contribution in [0.15, 0.2) is 43.0 Å². The zero-order valence-electron chi connectivity index (χ0n) is 23.4. The number of esters is 1. The van der Waals surface area contributed by atoms with Crippen LogP contribution in [0.4, 0.5) is 13.2 Å². The highest BCUT2D eigenvalue weighted by atomic mass is 19.4. The van der Waals surface area contributed by atoms with Gasteiger partial charge in [-0.05, 0) is 30.2 Å². The van der Waals surface area contributed by atoms with Gasteiger partial charge in [-0.25, -0.2) is 14.8 Å². The molecule has 0 bridgehead atoms. The molecule has 2 N–H and O–H groups in total. The Morgan fingerprint density at radius 3 is 2.57 bits per heavy atom. The van der Waals surface area contributed by atoms with E-state index in [0.717, 1.165) is 0 Å². The maximum absolute atomic E-state index is 14.0. The second-order valence-electron chi connectivity index (χ2n) is 10.2. The molecule has 1 aromatic carbocycles. The van der Waals surface area contributed by atoms with Gasteiger partial charge in [0.25, 0.3) is 5.88 Å². The maximum Gasteiger partial charge on any atom is 0.435 e. The fraction of sp³-hybridized carbons (Fsp3) is 0.429. The number of ether oxygens (including phenoxy) is 3. The van der Waals surface area contributed by atoms with Gasteiger partial charge in [-0.1, -0.05) is 20.8 Å². The number of alkyl halides is 3. The molecule has 0 saturated heterocycles. The van der Waals surface area contributed by atoms with Crippen molar-refractivity contribution in [2.45, 2.75) is 39.9 Å². The number of hydrogen-bond acceptors (Lipinski definition) is 9. The van der Waals surface area contributed by atoms with E-state index in [1.807, 2.05) is 6.92 Å². The molecular weight excluding hydrogens is 559 g/mol. The van der Waals surface area contributed by atoms with Gasteiger partial charge in [0.2, 0.25) is 5.65 Å². The highest BCUT2D eigenvalue weighted by Gasteiger charge is 2.39. The summed E-state index contributed by atoms with van der Waals surface area (Å²) in [5.74, 6) is -0.146. The lowest BCUT2D eigenvalue weighted by molar-refractivity contribution is -0.141.